The normalized spacial score (nSPS) is 14.9. The van der Waals surface area contributed by atoms with E-state index in [4.69, 9.17) is 4.74 Å². The Balaban J connectivity index is 2.97. The van der Waals surface area contributed by atoms with Crippen LogP contribution in [0.1, 0.15) is 52.7 Å². The van der Waals surface area contributed by atoms with E-state index in [-0.39, 0.29) is 5.60 Å². The molecule has 0 fully saturated rings. The van der Waals surface area contributed by atoms with Crippen LogP contribution in [0, 0.1) is 5.92 Å². The van der Waals surface area contributed by atoms with E-state index in [1.165, 1.54) is 0 Å². The lowest BCUT2D eigenvalue weighted by molar-refractivity contribution is -0.0707. The SMILES string of the molecule is CCCOC(CC)(CC(C)C)c1ccccn1. The molecule has 2 heteroatoms. The molecule has 0 N–H and O–H groups in total. The maximum Gasteiger partial charge on any atom is 0.110 e. The van der Waals surface area contributed by atoms with E-state index in [0.717, 1.165) is 31.6 Å². The van der Waals surface area contributed by atoms with Crippen LogP contribution in [0.3, 0.4) is 0 Å². The average Bonchev–Trinajstić information content (AvgIpc) is 2.35. The van der Waals surface area contributed by atoms with Gasteiger partial charge in [0, 0.05) is 12.8 Å². The minimum absolute atomic E-state index is 0.203. The highest BCUT2D eigenvalue weighted by Gasteiger charge is 2.33. The van der Waals surface area contributed by atoms with Gasteiger partial charge in [-0.25, -0.2) is 0 Å². The van der Waals surface area contributed by atoms with Crippen molar-refractivity contribution in [1.29, 1.82) is 0 Å². The van der Waals surface area contributed by atoms with Crippen molar-refractivity contribution in [1.82, 2.24) is 4.98 Å². The van der Waals surface area contributed by atoms with Crippen molar-refractivity contribution in [3.05, 3.63) is 30.1 Å². The van der Waals surface area contributed by atoms with E-state index in [0.29, 0.717) is 5.92 Å². The van der Waals surface area contributed by atoms with E-state index < -0.39 is 0 Å². The van der Waals surface area contributed by atoms with E-state index in [1.54, 1.807) is 0 Å². The number of nitrogens with zero attached hydrogens (tertiary/aromatic N) is 1. The summed E-state index contributed by atoms with van der Waals surface area (Å²) in [5, 5.41) is 0. The smallest absolute Gasteiger partial charge is 0.110 e. The molecule has 0 aliphatic carbocycles. The van der Waals surface area contributed by atoms with Crippen LogP contribution in [-0.4, -0.2) is 11.6 Å². The van der Waals surface area contributed by atoms with Crippen LogP contribution in [0.25, 0.3) is 0 Å². The summed E-state index contributed by atoms with van der Waals surface area (Å²) in [5.74, 6) is 0.605. The van der Waals surface area contributed by atoms with Crippen molar-refractivity contribution in [3.63, 3.8) is 0 Å². The molecule has 96 valence electrons. The summed E-state index contributed by atoms with van der Waals surface area (Å²) in [4.78, 5) is 4.50. The van der Waals surface area contributed by atoms with Crippen molar-refractivity contribution in [2.75, 3.05) is 6.61 Å². The van der Waals surface area contributed by atoms with Gasteiger partial charge in [-0.05, 0) is 37.3 Å². The van der Waals surface area contributed by atoms with Crippen LogP contribution in [0.15, 0.2) is 24.4 Å². The summed E-state index contributed by atoms with van der Waals surface area (Å²) in [6.45, 7) is 9.61. The Morgan fingerprint density at radius 3 is 2.53 bits per heavy atom. The molecular formula is C15H25NO. The Bertz CT molecular complexity index is 310. The summed E-state index contributed by atoms with van der Waals surface area (Å²) in [6.07, 6.45) is 4.91. The number of hydrogen-bond acceptors (Lipinski definition) is 2. The summed E-state index contributed by atoms with van der Waals surface area (Å²) >= 11 is 0. The molecule has 1 atom stereocenters. The standard InChI is InChI=1S/C15H25NO/c1-5-11-17-15(6-2,12-13(3)4)14-9-7-8-10-16-14/h7-10,13H,5-6,11-12H2,1-4H3. The van der Waals surface area contributed by atoms with Crippen LogP contribution >= 0.6 is 0 Å². The number of rotatable bonds is 7. The number of aromatic nitrogens is 1. The molecule has 0 bridgehead atoms. The average molecular weight is 235 g/mol. The fourth-order valence-electron chi connectivity index (χ4n) is 2.25. The Labute approximate surface area is 105 Å². The Morgan fingerprint density at radius 2 is 2.06 bits per heavy atom. The lowest BCUT2D eigenvalue weighted by Crippen LogP contribution is -2.32. The van der Waals surface area contributed by atoms with Crippen molar-refractivity contribution in [2.24, 2.45) is 5.92 Å². The minimum Gasteiger partial charge on any atom is -0.369 e. The maximum atomic E-state index is 6.16. The van der Waals surface area contributed by atoms with Gasteiger partial charge in [0.1, 0.15) is 5.60 Å². The Hall–Kier alpha value is -0.890. The lowest BCUT2D eigenvalue weighted by atomic mass is 9.86. The summed E-state index contributed by atoms with van der Waals surface area (Å²) < 4.78 is 6.16. The van der Waals surface area contributed by atoms with E-state index in [2.05, 4.69) is 38.7 Å². The highest BCUT2D eigenvalue weighted by atomic mass is 16.5. The minimum atomic E-state index is -0.203. The van der Waals surface area contributed by atoms with Crippen LogP contribution in [0.2, 0.25) is 0 Å². The largest absolute Gasteiger partial charge is 0.369 e. The molecule has 1 aromatic rings. The van der Waals surface area contributed by atoms with Gasteiger partial charge in [-0.1, -0.05) is 33.8 Å². The number of ether oxygens (including phenoxy) is 1. The topological polar surface area (TPSA) is 22.1 Å². The molecule has 0 aromatic carbocycles. The molecule has 0 aliphatic rings. The zero-order chi connectivity index (χ0) is 12.7. The fourth-order valence-corrected chi connectivity index (χ4v) is 2.25. The molecule has 17 heavy (non-hydrogen) atoms. The van der Waals surface area contributed by atoms with Gasteiger partial charge in [-0.3, -0.25) is 4.98 Å². The molecule has 1 heterocycles. The van der Waals surface area contributed by atoms with Gasteiger partial charge in [0.2, 0.25) is 0 Å². The van der Waals surface area contributed by atoms with Crippen LogP contribution < -0.4 is 0 Å². The van der Waals surface area contributed by atoms with Gasteiger partial charge in [0.15, 0.2) is 0 Å². The molecular weight excluding hydrogens is 210 g/mol. The second-order valence-corrected chi connectivity index (χ2v) is 5.01. The second-order valence-electron chi connectivity index (χ2n) is 5.01. The summed E-state index contributed by atoms with van der Waals surface area (Å²) in [7, 11) is 0. The first kappa shape index (κ1) is 14.2. The van der Waals surface area contributed by atoms with Gasteiger partial charge < -0.3 is 4.74 Å². The molecule has 0 radical (unpaired) electrons. The van der Waals surface area contributed by atoms with Gasteiger partial charge in [-0.2, -0.15) is 0 Å². The summed E-state index contributed by atoms with van der Waals surface area (Å²) in [6, 6.07) is 6.09. The van der Waals surface area contributed by atoms with Crippen molar-refractivity contribution in [3.8, 4) is 0 Å². The highest BCUT2D eigenvalue weighted by Crippen LogP contribution is 2.34. The molecule has 0 saturated carbocycles. The fraction of sp³-hybridized carbons (Fsp3) is 0.667. The zero-order valence-corrected chi connectivity index (χ0v) is 11.6. The van der Waals surface area contributed by atoms with E-state index >= 15 is 0 Å². The van der Waals surface area contributed by atoms with Crippen LogP contribution in [0.4, 0.5) is 0 Å². The van der Waals surface area contributed by atoms with Crippen molar-refractivity contribution >= 4 is 0 Å². The van der Waals surface area contributed by atoms with Gasteiger partial charge in [-0.15, -0.1) is 0 Å². The van der Waals surface area contributed by atoms with Crippen molar-refractivity contribution < 1.29 is 4.74 Å². The highest BCUT2D eigenvalue weighted by molar-refractivity contribution is 5.13. The quantitative estimate of drug-likeness (QED) is 0.708. The predicted molar refractivity (Wildman–Crippen MR) is 71.9 cm³/mol. The van der Waals surface area contributed by atoms with Crippen LogP contribution in [-0.2, 0) is 10.3 Å². The third kappa shape index (κ3) is 3.81. The predicted octanol–water partition coefficient (Wildman–Crippen LogP) is 4.16. The second kappa shape index (κ2) is 6.75. The molecule has 2 nitrogen and oxygen atoms in total. The molecule has 0 saturated heterocycles. The third-order valence-corrected chi connectivity index (χ3v) is 3.02. The van der Waals surface area contributed by atoms with E-state index in [9.17, 15) is 0 Å². The third-order valence-electron chi connectivity index (χ3n) is 3.02. The lowest BCUT2D eigenvalue weighted by Gasteiger charge is -2.34. The summed E-state index contributed by atoms with van der Waals surface area (Å²) in [5.41, 5.74) is 0.871. The van der Waals surface area contributed by atoms with Gasteiger partial charge in [0.05, 0.1) is 5.69 Å². The van der Waals surface area contributed by atoms with Gasteiger partial charge >= 0.3 is 0 Å². The Morgan fingerprint density at radius 1 is 1.29 bits per heavy atom. The maximum absolute atomic E-state index is 6.16. The van der Waals surface area contributed by atoms with Crippen LogP contribution in [0.5, 0.6) is 0 Å². The van der Waals surface area contributed by atoms with E-state index in [1.807, 2.05) is 18.3 Å². The van der Waals surface area contributed by atoms with Crippen molar-refractivity contribution in [2.45, 2.75) is 52.6 Å². The number of hydrogen-bond donors (Lipinski definition) is 0. The molecule has 1 aromatic heterocycles. The molecule has 1 unspecified atom stereocenters. The molecule has 1 rings (SSSR count). The molecule has 0 spiro atoms. The molecule has 0 amide bonds. The first-order valence-corrected chi connectivity index (χ1v) is 6.70. The first-order valence-electron chi connectivity index (χ1n) is 6.70. The first-order chi connectivity index (χ1) is 8.14. The number of pyridine rings is 1. The monoisotopic (exact) mass is 235 g/mol. The van der Waals surface area contributed by atoms with Gasteiger partial charge in [0.25, 0.3) is 0 Å². The Kier molecular flexibility index (Phi) is 5.63. The molecule has 0 aliphatic heterocycles. The zero-order valence-electron chi connectivity index (χ0n) is 11.6.